The number of nitrogens with one attached hydrogen (secondary N) is 3. The van der Waals surface area contributed by atoms with E-state index in [1.807, 2.05) is 30.3 Å². The molecule has 2 aliphatic rings. The third-order valence-electron chi connectivity index (χ3n) is 5.73. The number of hydrogen-bond donors (Lipinski definition) is 3. The van der Waals surface area contributed by atoms with Gasteiger partial charge in [0.1, 0.15) is 0 Å². The lowest BCUT2D eigenvalue weighted by Crippen LogP contribution is -2.54. The van der Waals surface area contributed by atoms with Gasteiger partial charge in [-0.3, -0.25) is 9.89 Å². The Morgan fingerprint density at radius 3 is 2.86 bits per heavy atom. The Labute approximate surface area is 164 Å². The highest BCUT2D eigenvalue weighted by atomic mass is 16.2. The number of nitrogens with zero attached hydrogens (tertiary/aromatic N) is 2. The second-order valence-electron chi connectivity index (χ2n) is 8.79. The largest absolute Gasteiger partial charge is 0.332 e. The van der Waals surface area contributed by atoms with Crippen LogP contribution in [0.4, 0.5) is 10.5 Å². The molecule has 3 N–H and O–H groups in total. The van der Waals surface area contributed by atoms with E-state index >= 15 is 0 Å². The zero-order chi connectivity index (χ0) is 19.9. The van der Waals surface area contributed by atoms with Crippen LogP contribution in [0.3, 0.4) is 0 Å². The van der Waals surface area contributed by atoms with E-state index in [9.17, 15) is 9.59 Å². The van der Waals surface area contributed by atoms with E-state index in [1.54, 1.807) is 4.90 Å². The summed E-state index contributed by atoms with van der Waals surface area (Å²) < 4.78 is 0. The van der Waals surface area contributed by atoms with Crippen LogP contribution in [0.1, 0.15) is 50.6 Å². The first-order valence-corrected chi connectivity index (χ1v) is 9.78. The third-order valence-corrected chi connectivity index (χ3v) is 5.73. The maximum absolute atomic E-state index is 12.8. The number of rotatable bonds is 2. The number of para-hydroxylation sites is 1. The van der Waals surface area contributed by atoms with Crippen LogP contribution in [0.5, 0.6) is 0 Å². The standard InChI is InChI=1S/C21H27N5O2/c1-20(2,3)17-11-14(24-25-17)12-22-19(28)26-10-6-9-21(13-26)15-7-4-5-8-16(15)23-18(21)27/h4-5,7-8,11H,6,9-10,12-13H2,1-3H3,(H,22,28)(H,23,27)(H,24,25). The van der Waals surface area contributed by atoms with Crippen LogP contribution in [0.2, 0.25) is 0 Å². The number of urea groups is 1. The molecule has 1 unspecified atom stereocenters. The summed E-state index contributed by atoms with van der Waals surface area (Å²) in [6, 6.07) is 9.62. The van der Waals surface area contributed by atoms with Crippen molar-refractivity contribution >= 4 is 17.6 Å². The quantitative estimate of drug-likeness (QED) is 0.747. The highest BCUT2D eigenvalue weighted by Gasteiger charge is 2.49. The Morgan fingerprint density at radius 1 is 1.32 bits per heavy atom. The minimum atomic E-state index is -0.639. The number of aromatic nitrogens is 2. The monoisotopic (exact) mass is 381 g/mol. The first-order valence-electron chi connectivity index (χ1n) is 9.78. The molecule has 1 atom stereocenters. The van der Waals surface area contributed by atoms with Crippen LogP contribution in [0.15, 0.2) is 30.3 Å². The summed E-state index contributed by atoms with van der Waals surface area (Å²) in [5, 5.41) is 13.3. The number of aromatic amines is 1. The molecule has 1 aromatic carbocycles. The van der Waals surface area contributed by atoms with Crippen LogP contribution < -0.4 is 10.6 Å². The minimum Gasteiger partial charge on any atom is -0.332 e. The summed E-state index contributed by atoms with van der Waals surface area (Å²) in [7, 11) is 0. The van der Waals surface area contributed by atoms with Crippen molar-refractivity contribution in [3.8, 4) is 0 Å². The molecule has 0 bridgehead atoms. The smallest absolute Gasteiger partial charge is 0.317 e. The van der Waals surface area contributed by atoms with Gasteiger partial charge in [0.25, 0.3) is 0 Å². The number of benzene rings is 1. The molecule has 1 fully saturated rings. The van der Waals surface area contributed by atoms with E-state index in [4.69, 9.17) is 0 Å². The van der Waals surface area contributed by atoms with Gasteiger partial charge in [-0.15, -0.1) is 0 Å². The van der Waals surface area contributed by atoms with Crippen molar-refractivity contribution in [1.29, 1.82) is 0 Å². The maximum Gasteiger partial charge on any atom is 0.317 e. The number of hydrogen-bond acceptors (Lipinski definition) is 3. The van der Waals surface area contributed by atoms with Gasteiger partial charge in [0, 0.05) is 24.2 Å². The van der Waals surface area contributed by atoms with Gasteiger partial charge >= 0.3 is 6.03 Å². The van der Waals surface area contributed by atoms with E-state index in [-0.39, 0.29) is 17.4 Å². The van der Waals surface area contributed by atoms with Crippen LogP contribution in [0.25, 0.3) is 0 Å². The fraction of sp³-hybridized carbons (Fsp3) is 0.476. The van der Waals surface area contributed by atoms with Crippen molar-refractivity contribution in [3.05, 3.63) is 47.3 Å². The molecule has 3 heterocycles. The summed E-state index contributed by atoms with van der Waals surface area (Å²) in [6.07, 6.45) is 1.56. The highest BCUT2D eigenvalue weighted by molar-refractivity contribution is 6.06. The first kappa shape index (κ1) is 18.5. The Hall–Kier alpha value is -2.83. The van der Waals surface area contributed by atoms with Gasteiger partial charge in [-0.2, -0.15) is 5.10 Å². The summed E-state index contributed by atoms with van der Waals surface area (Å²) in [5.41, 5.74) is 3.02. The summed E-state index contributed by atoms with van der Waals surface area (Å²) in [5.74, 6) is -0.00501. The van der Waals surface area contributed by atoms with E-state index in [2.05, 4.69) is 41.6 Å². The molecule has 7 nitrogen and oxygen atoms in total. The predicted molar refractivity (Wildman–Crippen MR) is 107 cm³/mol. The van der Waals surface area contributed by atoms with Gasteiger partial charge in [0.15, 0.2) is 0 Å². The van der Waals surface area contributed by atoms with Crippen LogP contribution in [0, 0.1) is 0 Å². The Kier molecular flexibility index (Phi) is 4.40. The number of likely N-dealkylation sites (tertiary alicyclic amines) is 1. The molecule has 0 radical (unpaired) electrons. The molecule has 0 saturated carbocycles. The van der Waals surface area contributed by atoms with E-state index < -0.39 is 5.41 Å². The molecule has 1 spiro atoms. The van der Waals surface area contributed by atoms with Crippen molar-refractivity contribution < 1.29 is 9.59 Å². The molecule has 0 aliphatic carbocycles. The normalized spacial score (nSPS) is 21.5. The topological polar surface area (TPSA) is 90.1 Å². The van der Waals surface area contributed by atoms with Crippen molar-refractivity contribution in [2.45, 2.75) is 51.0 Å². The third kappa shape index (κ3) is 3.15. The fourth-order valence-electron chi connectivity index (χ4n) is 4.13. The molecule has 7 heteroatoms. The molecular weight excluding hydrogens is 354 g/mol. The molecule has 2 aliphatic heterocycles. The number of H-pyrrole nitrogens is 1. The molecule has 3 amide bonds. The molecule has 148 valence electrons. The number of amides is 3. The average molecular weight is 381 g/mol. The Balaban J connectivity index is 1.44. The SMILES string of the molecule is CC(C)(C)c1cc(CNC(=O)N2CCCC3(C2)C(=O)Nc2ccccc23)[nH]n1. The zero-order valence-corrected chi connectivity index (χ0v) is 16.6. The summed E-state index contributed by atoms with van der Waals surface area (Å²) in [4.78, 5) is 27.3. The predicted octanol–water partition coefficient (Wildman–Crippen LogP) is 2.90. The minimum absolute atomic E-state index is 0.00501. The summed E-state index contributed by atoms with van der Waals surface area (Å²) >= 11 is 0. The van der Waals surface area contributed by atoms with Gasteiger partial charge < -0.3 is 15.5 Å². The lowest BCUT2D eigenvalue weighted by atomic mass is 9.75. The highest BCUT2D eigenvalue weighted by Crippen LogP contribution is 2.43. The number of piperidine rings is 1. The average Bonchev–Trinajstić information content (AvgIpc) is 3.24. The van der Waals surface area contributed by atoms with Crippen LogP contribution >= 0.6 is 0 Å². The van der Waals surface area contributed by atoms with Gasteiger partial charge in [-0.1, -0.05) is 39.0 Å². The second-order valence-corrected chi connectivity index (χ2v) is 8.79. The molecule has 1 aromatic heterocycles. The second kappa shape index (κ2) is 6.65. The fourth-order valence-corrected chi connectivity index (χ4v) is 4.13. The lowest BCUT2D eigenvalue weighted by molar-refractivity contribution is -0.122. The van der Waals surface area contributed by atoms with Crippen molar-refractivity contribution in [2.75, 3.05) is 18.4 Å². The number of carbonyl (C=O) groups is 2. The van der Waals surface area contributed by atoms with Crippen molar-refractivity contribution in [1.82, 2.24) is 20.4 Å². The van der Waals surface area contributed by atoms with Crippen molar-refractivity contribution in [2.24, 2.45) is 0 Å². The first-order chi connectivity index (χ1) is 13.3. The molecule has 4 rings (SSSR count). The lowest BCUT2D eigenvalue weighted by Gasteiger charge is -2.39. The Morgan fingerprint density at radius 2 is 2.11 bits per heavy atom. The Bertz CT molecular complexity index is 914. The van der Waals surface area contributed by atoms with Gasteiger partial charge in [0.2, 0.25) is 5.91 Å². The molecule has 2 aromatic rings. The zero-order valence-electron chi connectivity index (χ0n) is 16.6. The van der Waals surface area contributed by atoms with Gasteiger partial charge in [-0.05, 0) is 30.5 Å². The summed E-state index contributed by atoms with van der Waals surface area (Å²) in [6.45, 7) is 7.74. The number of fused-ring (bicyclic) bond motifs is 2. The molecular formula is C21H27N5O2. The molecule has 28 heavy (non-hydrogen) atoms. The molecule has 1 saturated heterocycles. The van der Waals surface area contributed by atoms with Crippen LogP contribution in [-0.4, -0.2) is 40.1 Å². The number of carbonyl (C=O) groups excluding carboxylic acids is 2. The maximum atomic E-state index is 12.8. The van der Waals surface area contributed by atoms with Gasteiger partial charge in [0.05, 0.1) is 23.3 Å². The van der Waals surface area contributed by atoms with E-state index in [0.29, 0.717) is 19.6 Å². The van der Waals surface area contributed by atoms with Crippen LogP contribution in [-0.2, 0) is 22.2 Å². The number of anilines is 1. The van der Waals surface area contributed by atoms with Crippen molar-refractivity contribution in [3.63, 3.8) is 0 Å². The van der Waals surface area contributed by atoms with E-state index in [1.165, 1.54) is 0 Å². The van der Waals surface area contributed by atoms with Gasteiger partial charge in [-0.25, -0.2) is 4.79 Å². The van der Waals surface area contributed by atoms with E-state index in [0.717, 1.165) is 35.5 Å².